The average molecular weight is 236 g/mol. The fraction of sp³-hybridized carbons (Fsp3) is 0.273. The first kappa shape index (κ1) is 10.9. The Kier molecular flexibility index (Phi) is 2.58. The van der Waals surface area contributed by atoms with E-state index in [9.17, 15) is 4.79 Å². The van der Waals surface area contributed by atoms with Crippen molar-refractivity contribution in [3.8, 4) is 6.07 Å². The van der Waals surface area contributed by atoms with Gasteiger partial charge in [0.15, 0.2) is 0 Å². The number of hydrogen-bond acceptors (Lipinski definition) is 3. The maximum absolute atomic E-state index is 11.6. The topological polar surface area (TPSA) is 78.9 Å². The SMILES string of the molecule is N#Cc1ccc(NC(=O)C2(N)CC2)c(Cl)c1. The summed E-state index contributed by atoms with van der Waals surface area (Å²) < 4.78 is 0. The highest BCUT2D eigenvalue weighted by atomic mass is 35.5. The molecule has 0 aliphatic heterocycles. The van der Waals surface area contributed by atoms with Crippen molar-refractivity contribution in [1.29, 1.82) is 5.26 Å². The monoisotopic (exact) mass is 235 g/mol. The number of nitrogens with two attached hydrogens (primary N) is 1. The van der Waals surface area contributed by atoms with Crippen molar-refractivity contribution in [1.82, 2.24) is 0 Å². The highest BCUT2D eigenvalue weighted by Gasteiger charge is 2.46. The van der Waals surface area contributed by atoms with Crippen molar-refractivity contribution >= 4 is 23.2 Å². The Hall–Kier alpha value is -1.57. The number of nitrogens with one attached hydrogen (secondary N) is 1. The van der Waals surface area contributed by atoms with E-state index in [4.69, 9.17) is 22.6 Å². The third-order valence-corrected chi connectivity index (χ3v) is 2.90. The highest BCUT2D eigenvalue weighted by molar-refractivity contribution is 6.33. The first-order chi connectivity index (χ1) is 7.55. The summed E-state index contributed by atoms with van der Waals surface area (Å²) in [5.74, 6) is -0.223. The second-order valence-corrected chi connectivity index (χ2v) is 4.32. The standard InChI is InChI=1S/C11H10ClN3O/c12-8-5-7(6-13)1-2-9(8)15-10(16)11(14)3-4-11/h1-2,5H,3-4,14H2,(H,15,16). The first-order valence-electron chi connectivity index (χ1n) is 4.85. The minimum atomic E-state index is -0.725. The summed E-state index contributed by atoms with van der Waals surface area (Å²) >= 11 is 5.92. The lowest BCUT2D eigenvalue weighted by atomic mass is 10.2. The van der Waals surface area contributed by atoms with Crippen LogP contribution in [0, 0.1) is 11.3 Å². The number of nitriles is 1. The van der Waals surface area contributed by atoms with Crippen LogP contribution in [0.5, 0.6) is 0 Å². The van der Waals surface area contributed by atoms with Crippen molar-refractivity contribution in [2.45, 2.75) is 18.4 Å². The molecule has 0 saturated heterocycles. The third-order valence-electron chi connectivity index (χ3n) is 2.59. The molecule has 5 heteroatoms. The van der Waals surface area contributed by atoms with Gasteiger partial charge in [-0.3, -0.25) is 4.79 Å². The second-order valence-electron chi connectivity index (χ2n) is 3.92. The molecule has 1 aromatic carbocycles. The average Bonchev–Trinajstić information content (AvgIpc) is 3.01. The number of amides is 1. The Morgan fingerprint density at radius 1 is 1.56 bits per heavy atom. The number of benzene rings is 1. The van der Waals surface area contributed by atoms with Crippen LogP contribution >= 0.6 is 11.6 Å². The molecule has 1 saturated carbocycles. The smallest absolute Gasteiger partial charge is 0.244 e. The van der Waals surface area contributed by atoms with Crippen LogP contribution in [-0.4, -0.2) is 11.4 Å². The van der Waals surface area contributed by atoms with Gasteiger partial charge in [-0.25, -0.2) is 0 Å². The van der Waals surface area contributed by atoms with Crippen LogP contribution in [0.1, 0.15) is 18.4 Å². The molecule has 0 heterocycles. The van der Waals surface area contributed by atoms with Gasteiger partial charge in [-0.2, -0.15) is 5.26 Å². The van der Waals surface area contributed by atoms with Crippen LogP contribution in [0.3, 0.4) is 0 Å². The van der Waals surface area contributed by atoms with Gasteiger partial charge in [0.2, 0.25) is 5.91 Å². The Bertz CT molecular complexity index is 488. The lowest BCUT2D eigenvalue weighted by Crippen LogP contribution is -2.37. The molecule has 0 atom stereocenters. The predicted molar refractivity (Wildman–Crippen MR) is 60.9 cm³/mol. The molecule has 1 aliphatic carbocycles. The zero-order valence-electron chi connectivity index (χ0n) is 8.46. The third kappa shape index (κ3) is 2.01. The number of hydrogen-bond donors (Lipinski definition) is 2. The lowest BCUT2D eigenvalue weighted by molar-refractivity contribution is -0.118. The number of rotatable bonds is 2. The van der Waals surface area contributed by atoms with Gasteiger partial charge in [0.25, 0.3) is 0 Å². The van der Waals surface area contributed by atoms with Gasteiger partial charge in [-0.05, 0) is 31.0 Å². The molecular weight excluding hydrogens is 226 g/mol. The molecule has 0 unspecified atom stereocenters. The Morgan fingerprint density at radius 3 is 2.75 bits per heavy atom. The van der Waals surface area contributed by atoms with Crippen LogP contribution < -0.4 is 11.1 Å². The van der Waals surface area contributed by atoms with Gasteiger partial charge >= 0.3 is 0 Å². The van der Waals surface area contributed by atoms with Crippen molar-refractivity contribution < 1.29 is 4.79 Å². The van der Waals surface area contributed by atoms with Gasteiger partial charge in [-0.1, -0.05) is 11.6 Å². The Balaban J connectivity index is 2.16. The predicted octanol–water partition coefficient (Wildman–Crippen LogP) is 1.64. The molecule has 1 aromatic rings. The number of carbonyl (C=O) groups excluding carboxylic acids is 1. The number of anilines is 1. The van der Waals surface area contributed by atoms with E-state index in [0.29, 0.717) is 29.1 Å². The minimum absolute atomic E-state index is 0.223. The van der Waals surface area contributed by atoms with E-state index in [1.165, 1.54) is 6.07 Å². The molecule has 2 rings (SSSR count). The van der Waals surface area contributed by atoms with Crippen molar-refractivity contribution in [2.75, 3.05) is 5.32 Å². The highest BCUT2D eigenvalue weighted by Crippen LogP contribution is 2.34. The number of nitrogens with zero attached hydrogens (tertiary/aromatic N) is 1. The summed E-state index contributed by atoms with van der Waals surface area (Å²) in [6.07, 6.45) is 1.40. The maximum atomic E-state index is 11.6. The molecule has 82 valence electrons. The fourth-order valence-corrected chi connectivity index (χ4v) is 1.52. The molecule has 1 aliphatic rings. The van der Waals surface area contributed by atoms with Crippen molar-refractivity contribution in [3.63, 3.8) is 0 Å². The van der Waals surface area contributed by atoms with Gasteiger partial charge < -0.3 is 11.1 Å². The largest absolute Gasteiger partial charge is 0.323 e. The summed E-state index contributed by atoms with van der Waals surface area (Å²) in [6.45, 7) is 0. The molecule has 0 aromatic heterocycles. The van der Waals surface area contributed by atoms with E-state index in [-0.39, 0.29) is 5.91 Å². The lowest BCUT2D eigenvalue weighted by Gasteiger charge is -2.11. The molecule has 0 radical (unpaired) electrons. The zero-order valence-corrected chi connectivity index (χ0v) is 9.21. The van der Waals surface area contributed by atoms with Crippen LogP contribution in [0.15, 0.2) is 18.2 Å². The van der Waals surface area contributed by atoms with Gasteiger partial charge in [0.05, 0.1) is 27.9 Å². The van der Waals surface area contributed by atoms with E-state index < -0.39 is 5.54 Å². The maximum Gasteiger partial charge on any atom is 0.244 e. The van der Waals surface area contributed by atoms with Gasteiger partial charge in [-0.15, -0.1) is 0 Å². The van der Waals surface area contributed by atoms with E-state index in [0.717, 1.165) is 0 Å². The molecule has 0 spiro atoms. The van der Waals surface area contributed by atoms with E-state index in [2.05, 4.69) is 5.32 Å². The summed E-state index contributed by atoms with van der Waals surface area (Å²) in [6, 6.07) is 6.67. The van der Waals surface area contributed by atoms with Crippen molar-refractivity contribution in [3.05, 3.63) is 28.8 Å². The van der Waals surface area contributed by atoms with Crippen molar-refractivity contribution in [2.24, 2.45) is 5.73 Å². The second kappa shape index (κ2) is 3.78. The normalized spacial score (nSPS) is 16.3. The quantitative estimate of drug-likeness (QED) is 0.818. The van der Waals surface area contributed by atoms with Crippen LogP contribution in [0.4, 0.5) is 5.69 Å². The molecule has 16 heavy (non-hydrogen) atoms. The number of halogens is 1. The summed E-state index contributed by atoms with van der Waals surface area (Å²) in [5.41, 5.74) is 5.96. The van der Waals surface area contributed by atoms with E-state index >= 15 is 0 Å². The van der Waals surface area contributed by atoms with Crippen LogP contribution in [-0.2, 0) is 4.79 Å². The summed E-state index contributed by atoms with van der Waals surface area (Å²) in [5, 5.41) is 11.7. The number of carbonyl (C=O) groups is 1. The molecular formula is C11H10ClN3O. The fourth-order valence-electron chi connectivity index (χ4n) is 1.29. The molecule has 1 fully saturated rings. The minimum Gasteiger partial charge on any atom is -0.323 e. The molecule has 4 nitrogen and oxygen atoms in total. The summed E-state index contributed by atoms with van der Waals surface area (Å²) in [4.78, 5) is 11.6. The molecule has 3 N–H and O–H groups in total. The first-order valence-corrected chi connectivity index (χ1v) is 5.23. The van der Waals surface area contributed by atoms with Crippen LogP contribution in [0.2, 0.25) is 5.02 Å². The van der Waals surface area contributed by atoms with Gasteiger partial charge in [0.1, 0.15) is 0 Å². The van der Waals surface area contributed by atoms with E-state index in [1.807, 2.05) is 6.07 Å². The summed E-state index contributed by atoms with van der Waals surface area (Å²) in [7, 11) is 0. The van der Waals surface area contributed by atoms with Crippen LogP contribution in [0.25, 0.3) is 0 Å². The van der Waals surface area contributed by atoms with Gasteiger partial charge in [0, 0.05) is 0 Å². The Labute approximate surface area is 98.0 Å². The van der Waals surface area contributed by atoms with E-state index in [1.54, 1.807) is 12.1 Å². The molecule has 0 bridgehead atoms. The Morgan fingerprint density at radius 2 is 2.25 bits per heavy atom. The zero-order chi connectivity index (χ0) is 11.8. The molecule has 1 amide bonds.